The Hall–Kier alpha value is -0.530. The Kier molecular flexibility index (Phi) is 6.73. The predicted molar refractivity (Wildman–Crippen MR) is 77.6 cm³/mol. The fourth-order valence-corrected chi connectivity index (χ4v) is 3.06. The van der Waals surface area contributed by atoms with Crippen LogP contribution < -0.4 is 0 Å². The van der Waals surface area contributed by atoms with E-state index in [0.717, 1.165) is 19.4 Å². The maximum atomic E-state index is 12.3. The SMILES string of the molecule is CCCCC(C)(CCCC)N1CCCCCC1=O. The molecule has 106 valence electrons. The van der Waals surface area contributed by atoms with Crippen LogP contribution in [0.3, 0.4) is 0 Å². The van der Waals surface area contributed by atoms with Gasteiger partial charge in [-0.05, 0) is 32.6 Å². The van der Waals surface area contributed by atoms with Gasteiger partial charge in [0.2, 0.25) is 5.91 Å². The molecule has 2 heteroatoms. The molecule has 0 radical (unpaired) electrons. The van der Waals surface area contributed by atoms with E-state index in [0.29, 0.717) is 5.91 Å². The van der Waals surface area contributed by atoms with Crippen molar-refractivity contribution in [1.29, 1.82) is 0 Å². The van der Waals surface area contributed by atoms with E-state index < -0.39 is 0 Å². The van der Waals surface area contributed by atoms with E-state index in [4.69, 9.17) is 0 Å². The largest absolute Gasteiger partial charge is 0.337 e. The van der Waals surface area contributed by atoms with E-state index in [1.807, 2.05) is 0 Å². The number of carbonyl (C=O) groups excluding carboxylic acids is 1. The number of rotatable bonds is 7. The number of hydrogen-bond donors (Lipinski definition) is 0. The van der Waals surface area contributed by atoms with Crippen molar-refractivity contribution in [3.8, 4) is 0 Å². The van der Waals surface area contributed by atoms with Crippen molar-refractivity contribution in [2.75, 3.05) is 6.54 Å². The summed E-state index contributed by atoms with van der Waals surface area (Å²) in [4.78, 5) is 14.5. The maximum Gasteiger partial charge on any atom is 0.223 e. The zero-order chi connectivity index (χ0) is 13.4. The highest BCUT2D eigenvalue weighted by Crippen LogP contribution is 2.31. The summed E-state index contributed by atoms with van der Waals surface area (Å²) in [6, 6.07) is 0. The van der Waals surface area contributed by atoms with Crippen LogP contribution >= 0.6 is 0 Å². The van der Waals surface area contributed by atoms with E-state index in [1.54, 1.807) is 0 Å². The topological polar surface area (TPSA) is 20.3 Å². The minimum atomic E-state index is 0.118. The van der Waals surface area contributed by atoms with Crippen LogP contribution in [0.25, 0.3) is 0 Å². The van der Waals surface area contributed by atoms with Gasteiger partial charge in [-0.15, -0.1) is 0 Å². The zero-order valence-corrected chi connectivity index (χ0v) is 12.6. The van der Waals surface area contributed by atoms with E-state index in [2.05, 4.69) is 25.7 Å². The Morgan fingerprint density at radius 2 is 1.67 bits per heavy atom. The quantitative estimate of drug-likeness (QED) is 0.653. The van der Waals surface area contributed by atoms with Gasteiger partial charge in [0, 0.05) is 18.5 Å². The van der Waals surface area contributed by atoms with Crippen LogP contribution in [0.15, 0.2) is 0 Å². The number of hydrogen-bond acceptors (Lipinski definition) is 1. The molecule has 1 aliphatic heterocycles. The van der Waals surface area contributed by atoms with E-state index in [9.17, 15) is 4.79 Å². The van der Waals surface area contributed by atoms with Crippen molar-refractivity contribution in [3.05, 3.63) is 0 Å². The lowest BCUT2D eigenvalue weighted by Gasteiger charge is -2.41. The first kappa shape index (κ1) is 15.5. The Morgan fingerprint density at radius 1 is 1.06 bits per heavy atom. The molecule has 0 aliphatic carbocycles. The van der Waals surface area contributed by atoms with Crippen LogP contribution in [0.4, 0.5) is 0 Å². The second kappa shape index (κ2) is 7.81. The average molecular weight is 253 g/mol. The Morgan fingerprint density at radius 3 is 2.22 bits per heavy atom. The lowest BCUT2D eigenvalue weighted by Crippen LogP contribution is -2.49. The van der Waals surface area contributed by atoms with E-state index >= 15 is 0 Å². The molecule has 1 heterocycles. The molecular weight excluding hydrogens is 222 g/mol. The Bertz CT molecular complexity index is 241. The molecule has 18 heavy (non-hydrogen) atoms. The molecule has 0 N–H and O–H groups in total. The lowest BCUT2D eigenvalue weighted by atomic mass is 9.87. The highest BCUT2D eigenvalue weighted by Gasteiger charge is 2.34. The third-order valence-corrected chi connectivity index (χ3v) is 4.36. The number of amides is 1. The molecule has 1 saturated heterocycles. The van der Waals surface area contributed by atoms with Gasteiger partial charge in [-0.3, -0.25) is 4.79 Å². The third kappa shape index (κ3) is 4.29. The molecule has 0 atom stereocenters. The lowest BCUT2D eigenvalue weighted by molar-refractivity contribution is -0.137. The molecule has 0 unspecified atom stereocenters. The first-order valence-electron chi connectivity index (χ1n) is 7.94. The van der Waals surface area contributed by atoms with Gasteiger partial charge in [-0.1, -0.05) is 46.0 Å². The summed E-state index contributed by atoms with van der Waals surface area (Å²) < 4.78 is 0. The van der Waals surface area contributed by atoms with Crippen molar-refractivity contribution >= 4 is 5.91 Å². The molecular formula is C16H31NO. The van der Waals surface area contributed by atoms with Crippen LogP contribution in [0.5, 0.6) is 0 Å². The number of unbranched alkanes of at least 4 members (excludes halogenated alkanes) is 2. The fourth-order valence-electron chi connectivity index (χ4n) is 3.06. The highest BCUT2D eigenvalue weighted by atomic mass is 16.2. The second-order valence-electron chi connectivity index (χ2n) is 6.06. The van der Waals surface area contributed by atoms with Crippen LogP contribution in [-0.4, -0.2) is 22.9 Å². The molecule has 1 rings (SSSR count). The zero-order valence-electron chi connectivity index (χ0n) is 12.6. The smallest absolute Gasteiger partial charge is 0.223 e. The van der Waals surface area contributed by atoms with Crippen molar-refractivity contribution in [3.63, 3.8) is 0 Å². The van der Waals surface area contributed by atoms with Crippen molar-refractivity contribution in [2.24, 2.45) is 0 Å². The summed E-state index contributed by atoms with van der Waals surface area (Å²) in [7, 11) is 0. The molecule has 0 spiro atoms. The summed E-state index contributed by atoms with van der Waals surface area (Å²) in [5, 5.41) is 0. The normalized spacial score (nSPS) is 17.9. The van der Waals surface area contributed by atoms with Crippen molar-refractivity contribution in [1.82, 2.24) is 4.90 Å². The number of likely N-dealkylation sites (tertiary alicyclic amines) is 1. The minimum absolute atomic E-state index is 0.118. The first-order valence-corrected chi connectivity index (χ1v) is 7.94. The summed E-state index contributed by atoms with van der Waals surface area (Å²) in [5.74, 6) is 0.405. The van der Waals surface area contributed by atoms with Crippen LogP contribution in [0, 0.1) is 0 Å². The number of nitrogens with zero attached hydrogens (tertiary/aromatic N) is 1. The van der Waals surface area contributed by atoms with Crippen LogP contribution in [-0.2, 0) is 4.79 Å². The monoisotopic (exact) mass is 253 g/mol. The van der Waals surface area contributed by atoms with Crippen LogP contribution in [0.2, 0.25) is 0 Å². The summed E-state index contributed by atoms with van der Waals surface area (Å²) in [6.07, 6.45) is 11.6. The van der Waals surface area contributed by atoms with Crippen molar-refractivity contribution < 1.29 is 4.79 Å². The van der Waals surface area contributed by atoms with Gasteiger partial charge in [0.25, 0.3) is 0 Å². The van der Waals surface area contributed by atoms with Gasteiger partial charge in [-0.25, -0.2) is 0 Å². The molecule has 0 aromatic rings. The predicted octanol–water partition coefficient (Wildman–Crippen LogP) is 4.53. The molecule has 1 aliphatic rings. The van der Waals surface area contributed by atoms with E-state index in [1.165, 1.54) is 51.4 Å². The van der Waals surface area contributed by atoms with Gasteiger partial charge < -0.3 is 4.90 Å². The molecule has 0 aromatic heterocycles. The second-order valence-corrected chi connectivity index (χ2v) is 6.06. The molecule has 0 bridgehead atoms. The number of carbonyl (C=O) groups is 1. The minimum Gasteiger partial charge on any atom is -0.337 e. The van der Waals surface area contributed by atoms with Gasteiger partial charge in [0.1, 0.15) is 0 Å². The van der Waals surface area contributed by atoms with Gasteiger partial charge in [-0.2, -0.15) is 0 Å². The highest BCUT2D eigenvalue weighted by molar-refractivity contribution is 5.77. The standard InChI is InChI=1S/C16H31NO/c1-4-6-12-16(3,13-7-5-2)17-14-10-8-9-11-15(17)18/h4-14H2,1-3H3. The Labute approximate surface area is 113 Å². The molecule has 0 aromatic carbocycles. The third-order valence-electron chi connectivity index (χ3n) is 4.36. The first-order chi connectivity index (χ1) is 8.64. The van der Waals surface area contributed by atoms with Gasteiger partial charge >= 0.3 is 0 Å². The molecule has 0 saturated carbocycles. The summed E-state index contributed by atoms with van der Waals surface area (Å²) in [5.41, 5.74) is 0.118. The molecule has 1 amide bonds. The molecule has 2 nitrogen and oxygen atoms in total. The molecule has 1 fully saturated rings. The average Bonchev–Trinajstić information content (AvgIpc) is 2.59. The fraction of sp³-hybridized carbons (Fsp3) is 0.938. The van der Waals surface area contributed by atoms with E-state index in [-0.39, 0.29) is 5.54 Å². The van der Waals surface area contributed by atoms with Gasteiger partial charge in [0.15, 0.2) is 0 Å². The summed E-state index contributed by atoms with van der Waals surface area (Å²) >= 11 is 0. The van der Waals surface area contributed by atoms with Gasteiger partial charge in [0.05, 0.1) is 0 Å². The van der Waals surface area contributed by atoms with Crippen LogP contribution in [0.1, 0.15) is 85.0 Å². The Balaban J connectivity index is 2.74. The van der Waals surface area contributed by atoms with Crippen molar-refractivity contribution in [2.45, 2.75) is 90.5 Å². The maximum absolute atomic E-state index is 12.3. The summed E-state index contributed by atoms with van der Waals surface area (Å²) in [6.45, 7) is 7.79.